The average molecular weight is 403 g/mol. The molecule has 6 nitrogen and oxygen atoms in total. The van der Waals surface area contributed by atoms with Gasteiger partial charge >= 0.3 is 0 Å². The van der Waals surface area contributed by atoms with E-state index in [4.69, 9.17) is 4.74 Å². The first kappa shape index (κ1) is 19.3. The molecule has 0 saturated heterocycles. The highest BCUT2D eigenvalue weighted by Crippen LogP contribution is 2.19. The van der Waals surface area contributed by atoms with Crippen LogP contribution in [0.1, 0.15) is 21.6 Å². The summed E-state index contributed by atoms with van der Waals surface area (Å²) >= 11 is 0. The molecule has 0 radical (unpaired) electrons. The van der Waals surface area contributed by atoms with Crippen LogP contribution in [-0.4, -0.2) is 15.3 Å². The summed E-state index contributed by atoms with van der Waals surface area (Å²) in [7, 11) is 0. The smallest absolute Gasteiger partial charge is 0.258 e. The lowest BCUT2D eigenvalue weighted by atomic mass is 10.2. The fraction of sp³-hybridized carbons (Fsp3) is 0.0870. The van der Waals surface area contributed by atoms with Crippen molar-refractivity contribution in [3.63, 3.8) is 0 Å². The molecule has 2 aromatic carbocycles. The normalized spacial score (nSPS) is 10.7. The fourth-order valence-electron chi connectivity index (χ4n) is 2.95. The largest absolute Gasteiger partial charge is 0.487 e. The van der Waals surface area contributed by atoms with Gasteiger partial charge in [0.15, 0.2) is 0 Å². The highest BCUT2D eigenvalue weighted by molar-refractivity contribution is 6.04. The molecule has 0 fully saturated rings. The summed E-state index contributed by atoms with van der Waals surface area (Å²) in [6.45, 7) is 2.04. The van der Waals surface area contributed by atoms with Crippen LogP contribution in [0.4, 0.5) is 10.1 Å². The lowest BCUT2D eigenvalue weighted by Gasteiger charge is -2.10. The van der Waals surface area contributed by atoms with Crippen LogP contribution < -0.4 is 15.6 Å². The van der Waals surface area contributed by atoms with Gasteiger partial charge in [0.2, 0.25) is 0 Å². The molecule has 30 heavy (non-hydrogen) atoms. The van der Waals surface area contributed by atoms with Gasteiger partial charge in [0, 0.05) is 29.6 Å². The third kappa shape index (κ3) is 4.35. The third-order valence-electron chi connectivity index (χ3n) is 4.46. The van der Waals surface area contributed by atoms with E-state index >= 15 is 0 Å². The van der Waals surface area contributed by atoms with E-state index in [2.05, 4.69) is 10.3 Å². The fourth-order valence-corrected chi connectivity index (χ4v) is 2.95. The Labute approximate surface area is 171 Å². The zero-order valence-electron chi connectivity index (χ0n) is 16.1. The molecular weight excluding hydrogens is 385 g/mol. The van der Waals surface area contributed by atoms with E-state index in [-0.39, 0.29) is 18.1 Å². The topological polar surface area (TPSA) is 72.7 Å². The second-order valence-electron chi connectivity index (χ2n) is 6.80. The van der Waals surface area contributed by atoms with Crippen LogP contribution in [0.3, 0.4) is 0 Å². The lowest BCUT2D eigenvalue weighted by molar-refractivity contribution is 0.102. The Balaban J connectivity index is 1.47. The molecule has 0 aliphatic rings. The molecule has 1 N–H and O–H groups in total. The molecule has 0 atom stereocenters. The Hall–Kier alpha value is -4.00. The molecule has 7 heteroatoms. The first-order valence-corrected chi connectivity index (χ1v) is 9.27. The van der Waals surface area contributed by atoms with Crippen LogP contribution >= 0.6 is 0 Å². The number of aromatic nitrogens is 2. The van der Waals surface area contributed by atoms with Gasteiger partial charge in [0.1, 0.15) is 23.8 Å². The Morgan fingerprint density at radius 2 is 1.90 bits per heavy atom. The van der Waals surface area contributed by atoms with Crippen molar-refractivity contribution in [3.05, 3.63) is 106 Å². The zero-order valence-corrected chi connectivity index (χ0v) is 16.1. The first-order valence-electron chi connectivity index (χ1n) is 9.27. The van der Waals surface area contributed by atoms with Crippen LogP contribution in [0.25, 0.3) is 5.65 Å². The van der Waals surface area contributed by atoms with Gasteiger partial charge in [0.05, 0.1) is 5.69 Å². The maximum absolute atomic E-state index is 13.0. The summed E-state index contributed by atoms with van der Waals surface area (Å²) in [5, 5.41) is 2.75. The Bertz CT molecular complexity index is 1280. The van der Waals surface area contributed by atoms with E-state index in [1.807, 2.05) is 19.1 Å². The lowest BCUT2D eigenvalue weighted by Crippen LogP contribution is -2.16. The summed E-state index contributed by atoms with van der Waals surface area (Å²) in [6, 6.07) is 17.3. The van der Waals surface area contributed by atoms with Crippen molar-refractivity contribution in [1.29, 1.82) is 0 Å². The predicted molar refractivity (Wildman–Crippen MR) is 111 cm³/mol. The Kier molecular flexibility index (Phi) is 5.26. The van der Waals surface area contributed by atoms with Gasteiger partial charge in [-0.1, -0.05) is 6.07 Å². The standard InChI is InChI=1S/C23H18FN3O3/c1-15-9-10-27-21(11-15)25-19(13-22(27)28)14-30-20-4-2-3-18(12-20)26-23(29)16-5-7-17(24)8-6-16/h2-13H,14H2,1H3,(H,26,29). The van der Waals surface area contributed by atoms with Gasteiger partial charge < -0.3 is 10.1 Å². The van der Waals surface area contributed by atoms with Crippen molar-refractivity contribution in [2.75, 3.05) is 5.32 Å². The summed E-state index contributed by atoms with van der Waals surface area (Å²) in [6.07, 6.45) is 1.69. The van der Waals surface area contributed by atoms with Crippen molar-refractivity contribution in [2.45, 2.75) is 13.5 Å². The number of aryl methyl sites for hydroxylation is 1. The Morgan fingerprint density at radius 3 is 2.70 bits per heavy atom. The highest BCUT2D eigenvalue weighted by Gasteiger charge is 2.08. The summed E-state index contributed by atoms with van der Waals surface area (Å²) < 4.78 is 20.2. The number of carbonyl (C=O) groups excluding carboxylic acids is 1. The van der Waals surface area contributed by atoms with Crippen molar-refractivity contribution < 1.29 is 13.9 Å². The van der Waals surface area contributed by atoms with E-state index in [0.29, 0.717) is 28.3 Å². The van der Waals surface area contributed by atoms with Crippen molar-refractivity contribution in [2.24, 2.45) is 0 Å². The maximum atomic E-state index is 13.0. The monoisotopic (exact) mass is 403 g/mol. The minimum atomic E-state index is -0.404. The number of halogens is 1. The number of ether oxygens (including phenoxy) is 1. The molecule has 0 aliphatic heterocycles. The molecule has 0 spiro atoms. The van der Waals surface area contributed by atoms with Gasteiger partial charge in [-0.25, -0.2) is 9.37 Å². The summed E-state index contributed by atoms with van der Waals surface area (Å²) in [5.74, 6) is -0.246. The Morgan fingerprint density at radius 1 is 1.10 bits per heavy atom. The summed E-state index contributed by atoms with van der Waals surface area (Å²) in [5.41, 5.74) is 2.76. The number of hydrogen-bond acceptors (Lipinski definition) is 4. The van der Waals surface area contributed by atoms with Crippen LogP contribution in [0.2, 0.25) is 0 Å². The number of amides is 1. The van der Waals surface area contributed by atoms with Crippen molar-refractivity contribution in [3.8, 4) is 5.75 Å². The van der Waals surface area contributed by atoms with Crippen LogP contribution in [0, 0.1) is 12.7 Å². The second-order valence-corrected chi connectivity index (χ2v) is 6.80. The number of nitrogens with one attached hydrogen (secondary N) is 1. The van der Waals surface area contributed by atoms with E-state index in [9.17, 15) is 14.0 Å². The number of anilines is 1. The van der Waals surface area contributed by atoms with E-state index < -0.39 is 5.82 Å². The summed E-state index contributed by atoms with van der Waals surface area (Å²) in [4.78, 5) is 29.0. The number of rotatable bonds is 5. The number of fused-ring (bicyclic) bond motifs is 1. The van der Waals surface area contributed by atoms with Crippen LogP contribution in [-0.2, 0) is 6.61 Å². The van der Waals surface area contributed by atoms with Crippen LogP contribution in [0.5, 0.6) is 5.75 Å². The zero-order chi connectivity index (χ0) is 21.1. The van der Waals surface area contributed by atoms with Gasteiger partial charge in [-0.2, -0.15) is 0 Å². The average Bonchev–Trinajstić information content (AvgIpc) is 2.72. The molecule has 2 aromatic heterocycles. The van der Waals surface area contributed by atoms with Gasteiger partial charge in [-0.15, -0.1) is 0 Å². The molecule has 150 valence electrons. The van der Waals surface area contributed by atoms with Gasteiger partial charge in [-0.05, 0) is 61.0 Å². The van der Waals surface area contributed by atoms with E-state index in [1.54, 1.807) is 30.5 Å². The molecule has 1 amide bonds. The quantitative estimate of drug-likeness (QED) is 0.547. The van der Waals surface area contributed by atoms with Crippen molar-refractivity contribution >= 4 is 17.2 Å². The second kappa shape index (κ2) is 8.16. The molecule has 4 aromatic rings. The highest BCUT2D eigenvalue weighted by atomic mass is 19.1. The SMILES string of the molecule is Cc1ccn2c(=O)cc(COc3cccc(NC(=O)c4ccc(F)cc4)c3)nc2c1. The molecule has 0 unspecified atom stereocenters. The van der Waals surface area contributed by atoms with Crippen molar-refractivity contribution in [1.82, 2.24) is 9.38 Å². The number of hydrogen-bond donors (Lipinski definition) is 1. The minimum absolute atomic E-state index is 0.106. The number of carbonyl (C=O) groups is 1. The van der Waals surface area contributed by atoms with Gasteiger partial charge in [-0.3, -0.25) is 14.0 Å². The number of nitrogens with zero attached hydrogens (tertiary/aromatic N) is 2. The molecule has 0 aliphatic carbocycles. The van der Waals surface area contributed by atoms with Gasteiger partial charge in [0.25, 0.3) is 11.5 Å². The number of benzene rings is 2. The van der Waals surface area contributed by atoms with E-state index in [0.717, 1.165) is 5.56 Å². The third-order valence-corrected chi connectivity index (χ3v) is 4.46. The minimum Gasteiger partial charge on any atom is -0.487 e. The molecular formula is C23H18FN3O3. The first-order chi connectivity index (χ1) is 14.5. The number of pyridine rings is 1. The molecule has 2 heterocycles. The van der Waals surface area contributed by atoms with Crippen LogP contribution in [0.15, 0.2) is 77.7 Å². The maximum Gasteiger partial charge on any atom is 0.258 e. The molecule has 0 bridgehead atoms. The molecule has 0 saturated carbocycles. The predicted octanol–water partition coefficient (Wildman–Crippen LogP) is 3.97. The van der Waals surface area contributed by atoms with E-state index in [1.165, 1.54) is 34.7 Å². The molecule has 4 rings (SSSR count).